The molecular formula is C8H13NO3S. The lowest BCUT2D eigenvalue weighted by Gasteiger charge is -2.07. The largest absolute Gasteiger partial charge is 0.496 e. The molecule has 0 bridgehead atoms. The number of sulfone groups is 1. The molecule has 0 aromatic carbocycles. The number of allylic oxidation sites excluding steroid dienone is 2. The van der Waals surface area contributed by atoms with Crippen LogP contribution in [0.4, 0.5) is 0 Å². The fourth-order valence-corrected chi connectivity index (χ4v) is 1.64. The molecule has 0 rings (SSSR count). The van der Waals surface area contributed by atoms with Gasteiger partial charge in [-0.15, -0.1) is 0 Å². The van der Waals surface area contributed by atoms with Gasteiger partial charge in [0.25, 0.3) is 0 Å². The molecular weight excluding hydrogens is 190 g/mol. The van der Waals surface area contributed by atoms with E-state index < -0.39 is 9.84 Å². The molecule has 0 radical (unpaired) electrons. The third kappa shape index (κ3) is 3.47. The molecule has 0 unspecified atom stereocenters. The summed E-state index contributed by atoms with van der Waals surface area (Å²) < 4.78 is 27.2. The smallest absolute Gasteiger partial charge is 0.188 e. The molecule has 0 aliphatic heterocycles. The number of ether oxygens (including phenoxy) is 1. The molecule has 0 amide bonds. The van der Waals surface area contributed by atoms with Gasteiger partial charge in [-0.25, -0.2) is 8.42 Å². The third-order valence-electron chi connectivity index (χ3n) is 1.37. The summed E-state index contributed by atoms with van der Waals surface area (Å²) in [5.41, 5.74) is 0. The Balaban J connectivity index is 5.23. The van der Waals surface area contributed by atoms with Crippen LogP contribution in [0.5, 0.6) is 0 Å². The summed E-state index contributed by atoms with van der Waals surface area (Å²) >= 11 is 0. The van der Waals surface area contributed by atoms with Crippen molar-refractivity contribution in [1.82, 2.24) is 0 Å². The van der Waals surface area contributed by atoms with Crippen molar-refractivity contribution >= 4 is 9.84 Å². The fraction of sp³-hybridized carbons (Fsp3) is 0.625. The van der Waals surface area contributed by atoms with Crippen LogP contribution in [-0.2, 0) is 14.6 Å². The van der Waals surface area contributed by atoms with E-state index in [2.05, 4.69) is 0 Å². The van der Waals surface area contributed by atoms with Crippen molar-refractivity contribution in [2.75, 3.05) is 12.9 Å². The number of rotatable bonds is 4. The van der Waals surface area contributed by atoms with Crippen LogP contribution >= 0.6 is 0 Å². The lowest BCUT2D eigenvalue weighted by atomic mass is 10.3. The van der Waals surface area contributed by atoms with Crippen LogP contribution < -0.4 is 0 Å². The summed E-state index contributed by atoms with van der Waals surface area (Å²) in [6.45, 7) is 3.85. The van der Waals surface area contributed by atoms with Crippen LogP contribution in [0.25, 0.3) is 0 Å². The van der Waals surface area contributed by atoms with E-state index in [1.807, 2.05) is 0 Å². The lowest BCUT2D eigenvalue weighted by Crippen LogP contribution is -2.05. The summed E-state index contributed by atoms with van der Waals surface area (Å²) in [5, 5.41) is 8.62. The van der Waals surface area contributed by atoms with E-state index in [1.54, 1.807) is 19.9 Å². The van der Waals surface area contributed by atoms with Crippen LogP contribution in [-0.4, -0.2) is 21.3 Å². The third-order valence-corrected chi connectivity index (χ3v) is 2.43. The van der Waals surface area contributed by atoms with Crippen molar-refractivity contribution < 1.29 is 13.2 Å². The molecule has 0 aliphatic rings. The van der Waals surface area contributed by atoms with Crippen molar-refractivity contribution in [2.45, 2.75) is 20.3 Å². The van der Waals surface area contributed by atoms with Crippen LogP contribution in [0.3, 0.4) is 0 Å². The first kappa shape index (κ1) is 12.0. The first-order valence-electron chi connectivity index (χ1n) is 3.93. The maximum atomic E-state index is 11.1. The van der Waals surface area contributed by atoms with Crippen molar-refractivity contribution in [3.05, 3.63) is 10.7 Å². The van der Waals surface area contributed by atoms with Gasteiger partial charge in [-0.1, -0.05) is 6.92 Å². The minimum atomic E-state index is -3.45. The molecule has 0 spiro atoms. The van der Waals surface area contributed by atoms with Crippen LogP contribution in [0.2, 0.25) is 0 Å². The molecule has 0 aromatic rings. The Morgan fingerprint density at radius 2 is 2.00 bits per heavy atom. The molecule has 0 aliphatic carbocycles. The highest BCUT2D eigenvalue weighted by Gasteiger charge is 2.16. The molecule has 4 nitrogen and oxygen atoms in total. The Kier molecular flexibility index (Phi) is 4.49. The van der Waals surface area contributed by atoms with Crippen molar-refractivity contribution in [3.63, 3.8) is 0 Å². The molecule has 13 heavy (non-hydrogen) atoms. The normalized spacial score (nSPS) is 13.1. The maximum Gasteiger partial charge on any atom is 0.188 e. The predicted octanol–water partition coefficient (Wildman–Crippen LogP) is 1.21. The minimum absolute atomic E-state index is 0.243. The Hall–Kier alpha value is -1.02. The molecule has 0 heterocycles. The topological polar surface area (TPSA) is 67.2 Å². The molecule has 0 N–H and O–H groups in total. The summed E-state index contributed by atoms with van der Waals surface area (Å²) in [4.78, 5) is -0.267. The van der Waals surface area contributed by atoms with Gasteiger partial charge in [0, 0.05) is 12.7 Å². The summed E-state index contributed by atoms with van der Waals surface area (Å²) in [7, 11) is -3.45. The van der Waals surface area contributed by atoms with Gasteiger partial charge in [0.2, 0.25) is 0 Å². The second-order valence-electron chi connectivity index (χ2n) is 2.42. The molecule has 0 saturated heterocycles. The van der Waals surface area contributed by atoms with E-state index in [-0.39, 0.29) is 10.7 Å². The van der Waals surface area contributed by atoms with Gasteiger partial charge < -0.3 is 4.74 Å². The van der Waals surface area contributed by atoms with E-state index in [4.69, 9.17) is 10.00 Å². The first-order valence-corrected chi connectivity index (χ1v) is 5.82. The maximum absolute atomic E-state index is 11.1. The predicted molar refractivity (Wildman–Crippen MR) is 49.4 cm³/mol. The second kappa shape index (κ2) is 4.87. The van der Waals surface area contributed by atoms with Gasteiger partial charge in [0.1, 0.15) is 11.8 Å². The average molecular weight is 203 g/mol. The van der Waals surface area contributed by atoms with E-state index in [1.165, 1.54) is 0 Å². The molecule has 74 valence electrons. The monoisotopic (exact) mass is 203 g/mol. The van der Waals surface area contributed by atoms with Crippen molar-refractivity contribution in [2.24, 2.45) is 0 Å². The van der Waals surface area contributed by atoms with Crippen LogP contribution in [0.15, 0.2) is 10.7 Å². The molecule has 0 atom stereocenters. The van der Waals surface area contributed by atoms with E-state index in [0.717, 1.165) is 6.26 Å². The number of nitrogens with zero attached hydrogens (tertiary/aromatic N) is 1. The number of nitriles is 1. The van der Waals surface area contributed by atoms with E-state index in [9.17, 15) is 8.42 Å². The summed E-state index contributed by atoms with van der Waals surface area (Å²) in [5.74, 6) is 0.243. The zero-order valence-corrected chi connectivity index (χ0v) is 8.81. The van der Waals surface area contributed by atoms with Crippen LogP contribution in [0, 0.1) is 11.3 Å². The SMILES string of the molecule is CCO/C(CC)=C(\C#N)S(C)(=O)=O. The second-order valence-corrected chi connectivity index (χ2v) is 4.38. The minimum Gasteiger partial charge on any atom is -0.496 e. The highest BCUT2D eigenvalue weighted by molar-refractivity contribution is 7.94. The summed E-state index contributed by atoms with van der Waals surface area (Å²) in [6.07, 6.45) is 1.41. The average Bonchev–Trinajstić information content (AvgIpc) is 2.01. The van der Waals surface area contributed by atoms with Gasteiger partial charge in [-0.3, -0.25) is 0 Å². The zero-order chi connectivity index (χ0) is 10.5. The standard InChI is InChI=1S/C8H13NO3S/c1-4-7(12-5-2)8(6-9)13(3,10)11/h4-5H2,1-3H3/b8-7+. The molecule has 0 aromatic heterocycles. The van der Waals surface area contributed by atoms with Crippen molar-refractivity contribution in [3.8, 4) is 6.07 Å². The molecule has 0 saturated carbocycles. The highest BCUT2D eigenvalue weighted by Crippen LogP contribution is 2.14. The number of hydrogen-bond donors (Lipinski definition) is 0. The Bertz CT molecular complexity index is 335. The van der Waals surface area contributed by atoms with Gasteiger partial charge in [-0.2, -0.15) is 5.26 Å². The van der Waals surface area contributed by atoms with Crippen molar-refractivity contribution in [1.29, 1.82) is 5.26 Å². The Morgan fingerprint density at radius 3 is 2.23 bits per heavy atom. The Labute approximate surface area is 78.7 Å². The first-order chi connectivity index (χ1) is 5.97. The van der Waals surface area contributed by atoms with E-state index >= 15 is 0 Å². The Morgan fingerprint density at radius 1 is 1.46 bits per heavy atom. The van der Waals surface area contributed by atoms with Crippen LogP contribution in [0.1, 0.15) is 20.3 Å². The van der Waals surface area contributed by atoms with Gasteiger partial charge in [0.15, 0.2) is 14.7 Å². The van der Waals surface area contributed by atoms with Gasteiger partial charge in [-0.05, 0) is 6.92 Å². The van der Waals surface area contributed by atoms with E-state index in [0.29, 0.717) is 13.0 Å². The summed E-state index contributed by atoms with van der Waals surface area (Å²) in [6, 6.07) is 1.64. The van der Waals surface area contributed by atoms with Gasteiger partial charge >= 0.3 is 0 Å². The highest BCUT2D eigenvalue weighted by atomic mass is 32.2. The zero-order valence-electron chi connectivity index (χ0n) is 7.99. The fourth-order valence-electron chi connectivity index (χ4n) is 0.854. The quantitative estimate of drug-likeness (QED) is 0.509. The number of hydrogen-bond acceptors (Lipinski definition) is 4. The lowest BCUT2D eigenvalue weighted by molar-refractivity contribution is 0.220. The van der Waals surface area contributed by atoms with Gasteiger partial charge in [0.05, 0.1) is 6.61 Å². The molecule has 5 heteroatoms. The molecule has 0 fully saturated rings.